The number of nitrogens with zero attached hydrogens (tertiary/aromatic N) is 1. The molecule has 0 aromatic heterocycles. The third-order valence-corrected chi connectivity index (χ3v) is 4.04. The molecule has 4 nitrogen and oxygen atoms in total. The van der Waals surface area contributed by atoms with E-state index in [1.807, 2.05) is 19.1 Å². The Kier molecular flexibility index (Phi) is 6.09. The highest BCUT2D eigenvalue weighted by Crippen LogP contribution is 2.21. The second kappa shape index (κ2) is 8.06. The van der Waals surface area contributed by atoms with Crippen molar-refractivity contribution in [3.8, 4) is 0 Å². The number of hydrogen-bond donors (Lipinski definition) is 1. The summed E-state index contributed by atoms with van der Waals surface area (Å²) in [5.41, 5.74) is 1.82. The Hall–Kier alpha value is -2.21. The minimum Gasteiger partial charge on any atom is -0.326 e. The molecule has 1 N–H and O–H groups in total. The van der Waals surface area contributed by atoms with Gasteiger partial charge in [0.2, 0.25) is 11.8 Å². The normalized spacial score (nSPS) is 10.3. The van der Waals surface area contributed by atoms with Crippen LogP contribution in [0.5, 0.6) is 0 Å². The quantitative estimate of drug-likeness (QED) is 0.825. The third-order valence-electron chi connectivity index (χ3n) is 3.55. The van der Waals surface area contributed by atoms with Gasteiger partial charge in [-0.05, 0) is 42.8 Å². The van der Waals surface area contributed by atoms with Gasteiger partial charge in [-0.3, -0.25) is 9.59 Å². The van der Waals surface area contributed by atoms with Gasteiger partial charge in [0, 0.05) is 30.0 Å². The zero-order chi connectivity index (χ0) is 17.7. The van der Waals surface area contributed by atoms with Crippen LogP contribution in [0.3, 0.4) is 0 Å². The minimum absolute atomic E-state index is 0.0728. The molecule has 0 saturated heterocycles. The van der Waals surface area contributed by atoms with Crippen LogP contribution in [0, 0.1) is 12.7 Å². The van der Waals surface area contributed by atoms with Crippen molar-refractivity contribution in [3.63, 3.8) is 0 Å². The number of nitrogens with one attached hydrogen (secondary N) is 1. The van der Waals surface area contributed by atoms with E-state index >= 15 is 0 Å². The summed E-state index contributed by atoms with van der Waals surface area (Å²) in [6.45, 7) is 3.35. The molecular weight excluding hydrogens is 375 g/mol. The monoisotopic (exact) mass is 392 g/mol. The molecule has 0 spiro atoms. The van der Waals surface area contributed by atoms with E-state index in [1.165, 1.54) is 24.0 Å². The van der Waals surface area contributed by atoms with Gasteiger partial charge in [0.25, 0.3) is 0 Å². The number of aryl methyl sites for hydroxylation is 1. The lowest BCUT2D eigenvalue weighted by Gasteiger charge is -2.21. The van der Waals surface area contributed by atoms with Crippen LogP contribution in [0.1, 0.15) is 18.9 Å². The summed E-state index contributed by atoms with van der Waals surface area (Å²) >= 11 is 3.37. The summed E-state index contributed by atoms with van der Waals surface area (Å²) in [5.74, 6) is -1.03. The third kappa shape index (κ3) is 4.64. The van der Waals surface area contributed by atoms with Crippen LogP contribution >= 0.6 is 15.9 Å². The van der Waals surface area contributed by atoms with Crippen LogP contribution in [-0.4, -0.2) is 18.4 Å². The number of hydrogen-bond acceptors (Lipinski definition) is 2. The highest BCUT2D eigenvalue weighted by molar-refractivity contribution is 9.10. The van der Waals surface area contributed by atoms with Crippen molar-refractivity contribution in [3.05, 3.63) is 58.3 Å². The molecular formula is C18H18BrFN2O2. The van der Waals surface area contributed by atoms with E-state index in [-0.39, 0.29) is 30.5 Å². The zero-order valence-corrected chi connectivity index (χ0v) is 15.1. The van der Waals surface area contributed by atoms with Crippen molar-refractivity contribution >= 4 is 39.1 Å². The molecule has 126 valence electrons. The summed E-state index contributed by atoms with van der Waals surface area (Å²) in [6.07, 6.45) is 0.0728. The molecule has 0 unspecified atom stereocenters. The Morgan fingerprint density at radius 1 is 1.21 bits per heavy atom. The van der Waals surface area contributed by atoms with Crippen molar-refractivity contribution in [2.75, 3.05) is 16.8 Å². The van der Waals surface area contributed by atoms with Crippen LogP contribution in [0.15, 0.2) is 46.9 Å². The summed E-state index contributed by atoms with van der Waals surface area (Å²) in [6, 6.07) is 11.6. The molecule has 6 heteroatoms. The number of rotatable bonds is 5. The Labute approximate surface area is 148 Å². The van der Waals surface area contributed by atoms with E-state index in [0.717, 1.165) is 10.0 Å². The second-order valence-corrected chi connectivity index (χ2v) is 6.30. The molecule has 0 aliphatic rings. The van der Waals surface area contributed by atoms with Crippen LogP contribution in [-0.2, 0) is 9.59 Å². The second-order valence-electron chi connectivity index (χ2n) is 5.38. The molecule has 0 aliphatic carbocycles. The van der Waals surface area contributed by atoms with E-state index in [9.17, 15) is 14.0 Å². The maximum atomic E-state index is 13.9. The first-order valence-electron chi connectivity index (χ1n) is 7.47. The first kappa shape index (κ1) is 18.1. The first-order chi connectivity index (χ1) is 11.4. The fourth-order valence-electron chi connectivity index (χ4n) is 2.31. The number of benzene rings is 2. The maximum Gasteiger partial charge on any atom is 0.226 e. The smallest absolute Gasteiger partial charge is 0.226 e. The minimum atomic E-state index is -0.489. The van der Waals surface area contributed by atoms with Gasteiger partial charge < -0.3 is 10.2 Å². The number of halogens is 2. The highest BCUT2D eigenvalue weighted by Gasteiger charge is 2.16. The van der Waals surface area contributed by atoms with Crippen molar-refractivity contribution in [2.45, 2.75) is 20.3 Å². The van der Waals surface area contributed by atoms with E-state index in [1.54, 1.807) is 18.2 Å². The van der Waals surface area contributed by atoms with Gasteiger partial charge in [0.1, 0.15) is 5.82 Å². The largest absolute Gasteiger partial charge is 0.326 e. The molecule has 2 rings (SSSR count). The van der Waals surface area contributed by atoms with Gasteiger partial charge in [-0.25, -0.2) is 4.39 Å². The predicted octanol–water partition coefficient (Wildman–Crippen LogP) is 4.28. The molecule has 0 atom stereocenters. The predicted molar refractivity (Wildman–Crippen MR) is 96.6 cm³/mol. The molecule has 0 fully saturated rings. The Balaban J connectivity index is 2.03. The number of carbonyl (C=O) groups excluding carboxylic acids is 2. The Bertz CT molecular complexity index is 764. The molecule has 2 aromatic rings. The average Bonchev–Trinajstić information content (AvgIpc) is 2.51. The van der Waals surface area contributed by atoms with Gasteiger partial charge in [-0.15, -0.1) is 0 Å². The molecule has 0 radical (unpaired) electrons. The maximum absolute atomic E-state index is 13.9. The fourth-order valence-corrected chi connectivity index (χ4v) is 2.79. The number of carbonyl (C=O) groups is 2. The Morgan fingerprint density at radius 2 is 1.92 bits per heavy atom. The van der Waals surface area contributed by atoms with Crippen LogP contribution in [0.25, 0.3) is 0 Å². The molecule has 2 aromatic carbocycles. The lowest BCUT2D eigenvalue weighted by molar-refractivity contribution is -0.117. The van der Waals surface area contributed by atoms with Crippen LogP contribution in [0.2, 0.25) is 0 Å². The zero-order valence-electron chi connectivity index (χ0n) is 13.5. The Morgan fingerprint density at radius 3 is 2.54 bits per heavy atom. The van der Waals surface area contributed by atoms with Gasteiger partial charge in [-0.2, -0.15) is 0 Å². The fraction of sp³-hybridized carbons (Fsp3) is 0.222. The van der Waals surface area contributed by atoms with E-state index < -0.39 is 5.82 Å². The van der Waals surface area contributed by atoms with Gasteiger partial charge in [0.15, 0.2) is 0 Å². The highest BCUT2D eigenvalue weighted by atomic mass is 79.9. The van der Waals surface area contributed by atoms with Gasteiger partial charge in [-0.1, -0.05) is 28.1 Å². The molecule has 0 bridgehead atoms. The van der Waals surface area contributed by atoms with E-state index in [4.69, 9.17) is 0 Å². The summed E-state index contributed by atoms with van der Waals surface area (Å²) in [7, 11) is 0. The number of anilines is 2. The standard InChI is InChI=1S/C18H18BrFN2O2/c1-12-11-14(19)7-8-16(12)21-18(24)9-10-22(13(2)23)17-6-4-3-5-15(17)20/h3-8,11H,9-10H2,1-2H3,(H,21,24). The average molecular weight is 393 g/mol. The molecule has 24 heavy (non-hydrogen) atoms. The lowest BCUT2D eigenvalue weighted by atomic mass is 10.2. The molecule has 0 heterocycles. The van der Waals surface area contributed by atoms with E-state index in [0.29, 0.717) is 5.69 Å². The lowest BCUT2D eigenvalue weighted by Crippen LogP contribution is -2.32. The molecule has 0 aliphatic heterocycles. The van der Waals surface area contributed by atoms with Crippen LogP contribution in [0.4, 0.5) is 15.8 Å². The number of para-hydroxylation sites is 1. The SMILES string of the molecule is CC(=O)N(CCC(=O)Nc1ccc(Br)cc1C)c1ccccc1F. The van der Waals surface area contributed by atoms with E-state index in [2.05, 4.69) is 21.2 Å². The molecule has 2 amide bonds. The van der Waals surface area contributed by atoms with Crippen molar-refractivity contribution in [1.82, 2.24) is 0 Å². The van der Waals surface area contributed by atoms with Crippen molar-refractivity contribution < 1.29 is 14.0 Å². The van der Waals surface area contributed by atoms with Crippen molar-refractivity contribution in [1.29, 1.82) is 0 Å². The first-order valence-corrected chi connectivity index (χ1v) is 8.26. The number of amides is 2. The van der Waals surface area contributed by atoms with Crippen molar-refractivity contribution in [2.24, 2.45) is 0 Å². The topological polar surface area (TPSA) is 49.4 Å². The van der Waals surface area contributed by atoms with Gasteiger partial charge in [0.05, 0.1) is 5.69 Å². The summed E-state index contributed by atoms with van der Waals surface area (Å²) in [5, 5.41) is 2.81. The van der Waals surface area contributed by atoms with Gasteiger partial charge >= 0.3 is 0 Å². The molecule has 0 saturated carbocycles. The summed E-state index contributed by atoms with van der Waals surface area (Å²) < 4.78 is 14.8. The van der Waals surface area contributed by atoms with Crippen LogP contribution < -0.4 is 10.2 Å². The summed E-state index contributed by atoms with van der Waals surface area (Å²) in [4.78, 5) is 25.2.